The molecule has 1 aromatic carbocycles. The van der Waals surface area contributed by atoms with Gasteiger partial charge in [0.25, 0.3) is 0 Å². The van der Waals surface area contributed by atoms with Crippen molar-refractivity contribution in [2.45, 2.75) is 25.8 Å². The molecule has 0 spiro atoms. The molecule has 0 aliphatic carbocycles. The van der Waals surface area contributed by atoms with E-state index in [0.29, 0.717) is 6.04 Å². The summed E-state index contributed by atoms with van der Waals surface area (Å²) in [5.41, 5.74) is 2.36. The van der Waals surface area contributed by atoms with Crippen molar-refractivity contribution in [3.8, 4) is 0 Å². The predicted molar refractivity (Wildman–Crippen MR) is 63.6 cm³/mol. The Balaban J connectivity index is 2.10. The van der Waals surface area contributed by atoms with Crippen LogP contribution in [-0.2, 0) is 4.74 Å². The molecule has 3 heteroatoms. The first kappa shape index (κ1) is 9.85. The molecule has 0 unspecified atom stereocenters. The second-order valence-electron chi connectivity index (χ2n) is 4.36. The summed E-state index contributed by atoms with van der Waals surface area (Å²) < 4.78 is 7.79. The van der Waals surface area contributed by atoms with Gasteiger partial charge < -0.3 is 9.30 Å². The first-order valence-corrected chi connectivity index (χ1v) is 5.87. The van der Waals surface area contributed by atoms with Gasteiger partial charge >= 0.3 is 0 Å². The zero-order chi connectivity index (χ0) is 11.0. The maximum atomic E-state index is 5.42. The number of ether oxygens (including phenoxy) is 1. The van der Waals surface area contributed by atoms with Crippen molar-refractivity contribution in [2.75, 3.05) is 13.2 Å². The number of benzene rings is 1. The van der Waals surface area contributed by atoms with Crippen molar-refractivity contribution >= 4 is 11.0 Å². The lowest BCUT2D eigenvalue weighted by Crippen LogP contribution is -2.20. The molecule has 84 valence electrons. The number of aromatic nitrogens is 2. The molecule has 0 radical (unpaired) electrons. The fraction of sp³-hybridized carbons (Fsp3) is 0.462. The Morgan fingerprint density at radius 3 is 2.81 bits per heavy atom. The molecular formula is C13H16N2O. The molecule has 0 atom stereocenters. The van der Waals surface area contributed by atoms with Gasteiger partial charge in [-0.05, 0) is 31.9 Å². The van der Waals surface area contributed by atoms with Crippen LogP contribution in [0, 0.1) is 6.92 Å². The fourth-order valence-electron chi connectivity index (χ4n) is 2.57. The van der Waals surface area contributed by atoms with Crippen molar-refractivity contribution < 1.29 is 4.74 Å². The molecule has 16 heavy (non-hydrogen) atoms. The number of aryl methyl sites for hydroxylation is 1. The van der Waals surface area contributed by atoms with E-state index in [9.17, 15) is 0 Å². The molecule has 1 fully saturated rings. The fourth-order valence-corrected chi connectivity index (χ4v) is 2.57. The summed E-state index contributed by atoms with van der Waals surface area (Å²) in [7, 11) is 0. The standard InChI is InChI=1S/C13H16N2O/c1-10-14-12-4-2-3-5-13(12)15(10)11-6-8-16-9-7-11/h2-5,11H,6-9H2,1H3. The second kappa shape index (κ2) is 3.91. The number of rotatable bonds is 1. The van der Waals surface area contributed by atoms with Crippen molar-refractivity contribution in [3.63, 3.8) is 0 Å². The highest BCUT2D eigenvalue weighted by Gasteiger charge is 2.19. The van der Waals surface area contributed by atoms with Gasteiger partial charge in [0.15, 0.2) is 0 Å². The zero-order valence-corrected chi connectivity index (χ0v) is 9.52. The molecule has 1 aliphatic rings. The van der Waals surface area contributed by atoms with Gasteiger partial charge in [-0.25, -0.2) is 4.98 Å². The molecule has 0 N–H and O–H groups in total. The quantitative estimate of drug-likeness (QED) is 0.732. The molecule has 0 saturated carbocycles. The van der Waals surface area contributed by atoms with Crippen molar-refractivity contribution in [3.05, 3.63) is 30.1 Å². The van der Waals surface area contributed by atoms with Gasteiger partial charge in [-0.15, -0.1) is 0 Å². The zero-order valence-electron chi connectivity index (χ0n) is 9.52. The minimum Gasteiger partial charge on any atom is -0.381 e. The van der Waals surface area contributed by atoms with Crippen LogP contribution in [0.5, 0.6) is 0 Å². The summed E-state index contributed by atoms with van der Waals surface area (Å²) in [6.07, 6.45) is 2.20. The molecular weight excluding hydrogens is 200 g/mol. The van der Waals surface area contributed by atoms with Crippen molar-refractivity contribution in [2.24, 2.45) is 0 Å². The highest BCUT2D eigenvalue weighted by atomic mass is 16.5. The summed E-state index contributed by atoms with van der Waals surface area (Å²) in [4.78, 5) is 4.61. The SMILES string of the molecule is Cc1nc2ccccc2n1C1CCOCC1. The van der Waals surface area contributed by atoms with E-state index in [2.05, 4.69) is 34.7 Å². The summed E-state index contributed by atoms with van der Waals surface area (Å²) in [6.45, 7) is 3.84. The molecule has 1 aromatic heterocycles. The average Bonchev–Trinajstić information content (AvgIpc) is 2.66. The lowest BCUT2D eigenvalue weighted by atomic mass is 10.1. The number of para-hydroxylation sites is 2. The van der Waals surface area contributed by atoms with Gasteiger partial charge in [0.05, 0.1) is 11.0 Å². The average molecular weight is 216 g/mol. The molecule has 1 saturated heterocycles. The molecule has 2 aromatic rings. The van der Waals surface area contributed by atoms with Crippen LogP contribution in [0.1, 0.15) is 24.7 Å². The number of hydrogen-bond donors (Lipinski definition) is 0. The van der Waals surface area contributed by atoms with Gasteiger partial charge in [-0.2, -0.15) is 0 Å². The van der Waals surface area contributed by atoms with E-state index in [-0.39, 0.29) is 0 Å². The van der Waals surface area contributed by atoms with E-state index in [0.717, 1.165) is 37.4 Å². The lowest BCUT2D eigenvalue weighted by Gasteiger charge is -2.25. The Morgan fingerprint density at radius 1 is 1.25 bits per heavy atom. The normalized spacial score (nSPS) is 18.1. The van der Waals surface area contributed by atoms with Crippen LogP contribution in [0.4, 0.5) is 0 Å². The maximum Gasteiger partial charge on any atom is 0.106 e. The number of fused-ring (bicyclic) bond motifs is 1. The Morgan fingerprint density at radius 2 is 2.00 bits per heavy atom. The molecule has 1 aliphatic heterocycles. The smallest absolute Gasteiger partial charge is 0.106 e. The van der Waals surface area contributed by atoms with Crippen molar-refractivity contribution in [1.29, 1.82) is 0 Å². The summed E-state index contributed by atoms with van der Waals surface area (Å²) in [5, 5.41) is 0. The van der Waals surface area contributed by atoms with Crippen molar-refractivity contribution in [1.82, 2.24) is 9.55 Å². The topological polar surface area (TPSA) is 27.1 Å². The van der Waals surface area contributed by atoms with E-state index in [1.807, 2.05) is 6.07 Å². The van der Waals surface area contributed by atoms with E-state index in [4.69, 9.17) is 4.74 Å². The van der Waals surface area contributed by atoms with Gasteiger partial charge in [0.2, 0.25) is 0 Å². The highest BCUT2D eigenvalue weighted by molar-refractivity contribution is 5.76. The number of imidazole rings is 1. The Hall–Kier alpha value is -1.35. The van der Waals surface area contributed by atoms with Crippen LogP contribution < -0.4 is 0 Å². The number of hydrogen-bond acceptors (Lipinski definition) is 2. The molecule has 0 bridgehead atoms. The summed E-state index contributed by atoms with van der Waals surface area (Å²) in [6, 6.07) is 8.92. The third-order valence-electron chi connectivity index (χ3n) is 3.33. The monoisotopic (exact) mass is 216 g/mol. The van der Waals surface area contributed by atoms with Crippen LogP contribution in [0.25, 0.3) is 11.0 Å². The van der Waals surface area contributed by atoms with E-state index >= 15 is 0 Å². The third-order valence-corrected chi connectivity index (χ3v) is 3.33. The second-order valence-corrected chi connectivity index (χ2v) is 4.36. The van der Waals surface area contributed by atoms with Crippen LogP contribution in [0.2, 0.25) is 0 Å². The largest absolute Gasteiger partial charge is 0.381 e. The van der Waals surface area contributed by atoms with Crippen LogP contribution in [0.15, 0.2) is 24.3 Å². The maximum absolute atomic E-state index is 5.42. The van der Waals surface area contributed by atoms with Gasteiger partial charge in [0, 0.05) is 19.3 Å². The lowest BCUT2D eigenvalue weighted by molar-refractivity contribution is 0.0701. The van der Waals surface area contributed by atoms with Gasteiger partial charge in [-0.3, -0.25) is 0 Å². The van der Waals surface area contributed by atoms with Crippen LogP contribution in [-0.4, -0.2) is 22.8 Å². The van der Waals surface area contributed by atoms with E-state index in [1.54, 1.807) is 0 Å². The van der Waals surface area contributed by atoms with Gasteiger partial charge in [-0.1, -0.05) is 12.1 Å². The van der Waals surface area contributed by atoms with Crippen LogP contribution in [0.3, 0.4) is 0 Å². The molecule has 3 rings (SSSR count). The highest BCUT2D eigenvalue weighted by Crippen LogP contribution is 2.27. The number of nitrogens with zero attached hydrogens (tertiary/aromatic N) is 2. The Bertz CT molecular complexity index is 498. The molecule has 3 nitrogen and oxygen atoms in total. The summed E-state index contributed by atoms with van der Waals surface area (Å²) >= 11 is 0. The summed E-state index contributed by atoms with van der Waals surface area (Å²) in [5.74, 6) is 1.12. The predicted octanol–water partition coefficient (Wildman–Crippen LogP) is 2.70. The third kappa shape index (κ3) is 1.52. The molecule has 0 amide bonds. The van der Waals surface area contributed by atoms with E-state index in [1.165, 1.54) is 5.52 Å². The minimum absolute atomic E-state index is 0.557. The van der Waals surface area contributed by atoms with Gasteiger partial charge in [0.1, 0.15) is 5.82 Å². The van der Waals surface area contributed by atoms with Crippen LogP contribution >= 0.6 is 0 Å². The first-order chi connectivity index (χ1) is 7.86. The Kier molecular flexibility index (Phi) is 2.40. The molecule has 2 heterocycles. The van der Waals surface area contributed by atoms with E-state index < -0.39 is 0 Å². The first-order valence-electron chi connectivity index (χ1n) is 5.87. The minimum atomic E-state index is 0.557. The Labute approximate surface area is 95.0 Å².